The van der Waals surface area contributed by atoms with Gasteiger partial charge in [-0.3, -0.25) is 4.79 Å². The number of thioether (sulfide) groups is 1. The second-order valence-corrected chi connectivity index (χ2v) is 6.25. The Balaban J connectivity index is 1.85. The molecular formula is C15H19NO3S. The predicted octanol–water partition coefficient (Wildman–Crippen LogP) is 2.74. The lowest BCUT2D eigenvalue weighted by Crippen LogP contribution is -2.40. The average Bonchev–Trinajstić information content (AvgIpc) is 2.45. The van der Waals surface area contributed by atoms with Gasteiger partial charge >= 0.3 is 5.97 Å². The van der Waals surface area contributed by atoms with Gasteiger partial charge in [-0.1, -0.05) is 6.92 Å². The lowest BCUT2D eigenvalue weighted by molar-refractivity contribution is -0.130. The number of amides is 1. The summed E-state index contributed by atoms with van der Waals surface area (Å²) < 4.78 is 0. The summed E-state index contributed by atoms with van der Waals surface area (Å²) in [5.41, 5.74) is 0.269. The highest BCUT2D eigenvalue weighted by Crippen LogP contribution is 2.21. The highest BCUT2D eigenvalue weighted by Gasteiger charge is 2.20. The molecule has 0 radical (unpaired) electrons. The molecule has 1 fully saturated rings. The number of hydrogen-bond donors (Lipinski definition) is 1. The Morgan fingerprint density at radius 1 is 1.35 bits per heavy atom. The minimum Gasteiger partial charge on any atom is -0.478 e. The number of carbonyl (C=O) groups excluding carboxylic acids is 1. The molecule has 108 valence electrons. The van der Waals surface area contributed by atoms with Crippen LogP contribution in [0.5, 0.6) is 0 Å². The first-order valence-electron chi connectivity index (χ1n) is 6.80. The summed E-state index contributed by atoms with van der Waals surface area (Å²) in [5, 5.41) is 8.82. The third kappa shape index (κ3) is 4.00. The third-order valence-corrected chi connectivity index (χ3v) is 4.47. The zero-order chi connectivity index (χ0) is 14.5. The number of piperidine rings is 1. The summed E-state index contributed by atoms with van der Waals surface area (Å²) in [5.74, 6) is 0.246. The molecule has 1 aromatic rings. The number of carbonyl (C=O) groups is 2. The van der Waals surface area contributed by atoms with Gasteiger partial charge in [0.05, 0.1) is 11.3 Å². The van der Waals surface area contributed by atoms with Crippen LogP contribution in [0.3, 0.4) is 0 Å². The van der Waals surface area contributed by atoms with Crippen LogP contribution in [-0.2, 0) is 4.79 Å². The molecule has 0 bridgehead atoms. The van der Waals surface area contributed by atoms with E-state index in [2.05, 4.69) is 6.92 Å². The number of rotatable bonds is 4. The number of carboxylic acid groups (broad SMARTS) is 1. The summed E-state index contributed by atoms with van der Waals surface area (Å²) in [6, 6.07) is 6.64. The fourth-order valence-corrected chi connectivity index (χ4v) is 3.15. The quantitative estimate of drug-likeness (QED) is 0.867. The second kappa shape index (κ2) is 6.79. The van der Waals surface area contributed by atoms with Gasteiger partial charge in [-0.25, -0.2) is 4.79 Å². The molecule has 0 aliphatic carbocycles. The molecule has 1 saturated heterocycles. The number of aromatic carboxylic acids is 1. The van der Waals surface area contributed by atoms with E-state index in [-0.39, 0.29) is 11.5 Å². The number of likely N-dealkylation sites (tertiary alicyclic amines) is 1. The van der Waals surface area contributed by atoms with Crippen LogP contribution >= 0.6 is 11.8 Å². The highest BCUT2D eigenvalue weighted by atomic mass is 32.2. The highest BCUT2D eigenvalue weighted by molar-refractivity contribution is 8.00. The largest absolute Gasteiger partial charge is 0.478 e. The van der Waals surface area contributed by atoms with Crippen molar-refractivity contribution in [3.63, 3.8) is 0 Å². The molecule has 1 unspecified atom stereocenters. The normalized spacial score (nSPS) is 18.9. The lowest BCUT2D eigenvalue weighted by atomic mass is 10.0. The molecule has 0 saturated carbocycles. The maximum Gasteiger partial charge on any atom is 0.335 e. The molecule has 1 aliphatic rings. The van der Waals surface area contributed by atoms with Crippen LogP contribution in [0.15, 0.2) is 29.2 Å². The Hall–Kier alpha value is -1.49. The molecule has 5 heteroatoms. The first-order chi connectivity index (χ1) is 9.56. The van der Waals surface area contributed by atoms with Gasteiger partial charge in [-0.15, -0.1) is 11.8 Å². The summed E-state index contributed by atoms with van der Waals surface area (Å²) in [7, 11) is 0. The first-order valence-corrected chi connectivity index (χ1v) is 7.79. The smallest absolute Gasteiger partial charge is 0.335 e. The molecule has 1 aliphatic heterocycles. The van der Waals surface area contributed by atoms with E-state index in [0.717, 1.165) is 24.4 Å². The Morgan fingerprint density at radius 3 is 2.65 bits per heavy atom. The van der Waals surface area contributed by atoms with Gasteiger partial charge in [0.2, 0.25) is 5.91 Å². The molecule has 1 N–H and O–H groups in total. The van der Waals surface area contributed by atoms with Crippen molar-refractivity contribution in [1.29, 1.82) is 0 Å². The van der Waals surface area contributed by atoms with Gasteiger partial charge < -0.3 is 10.0 Å². The van der Waals surface area contributed by atoms with Crippen LogP contribution in [0.1, 0.15) is 30.1 Å². The van der Waals surface area contributed by atoms with Gasteiger partial charge in [0.25, 0.3) is 0 Å². The monoisotopic (exact) mass is 293 g/mol. The zero-order valence-electron chi connectivity index (χ0n) is 11.5. The topological polar surface area (TPSA) is 57.6 Å². The van der Waals surface area contributed by atoms with E-state index < -0.39 is 5.97 Å². The Morgan fingerprint density at radius 2 is 2.05 bits per heavy atom. The van der Waals surface area contributed by atoms with Gasteiger partial charge in [0.15, 0.2) is 0 Å². The SMILES string of the molecule is CC1CCCN(C(=O)CSc2ccc(C(=O)O)cc2)C1. The van der Waals surface area contributed by atoms with Crippen molar-refractivity contribution in [2.24, 2.45) is 5.92 Å². The van der Waals surface area contributed by atoms with Crippen molar-refractivity contribution < 1.29 is 14.7 Å². The molecule has 2 rings (SSSR count). The van der Waals surface area contributed by atoms with Gasteiger partial charge in [-0.05, 0) is 43.0 Å². The van der Waals surface area contributed by atoms with E-state index in [1.165, 1.54) is 18.2 Å². The van der Waals surface area contributed by atoms with Crippen LogP contribution in [0.2, 0.25) is 0 Å². The van der Waals surface area contributed by atoms with Crippen molar-refractivity contribution in [2.75, 3.05) is 18.8 Å². The molecule has 1 amide bonds. The van der Waals surface area contributed by atoms with Crippen molar-refractivity contribution in [2.45, 2.75) is 24.7 Å². The summed E-state index contributed by atoms with van der Waals surface area (Å²) in [6.07, 6.45) is 2.29. The molecule has 1 aromatic carbocycles. The van der Waals surface area contributed by atoms with E-state index in [9.17, 15) is 9.59 Å². The van der Waals surface area contributed by atoms with Crippen LogP contribution in [0.4, 0.5) is 0 Å². The van der Waals surface area contributed by atoms with Crippen molar-refractivity contribution in [3.05, 3.63) is 29.8 Å². The Bertz CT molecular complexity index is 486. The maximum absolute atomic E-state index is 12.1. The number of carboxylic acids is 1. The Kier molecular flexibility index (Phi) is 5.06. The molecule has 1 atom stereocenters. The third-order valence-electron chi connectivity index (χ3n) is 3.47. The van der Waals surface area contributed by atoms with E-state index in [1.807, 2.05) is 4.90 Å². The molecular weight excluding hydrogens is 274 g/mol. The minimum absolute atomic E-state index is 0.170. The van der Waals surface area contributed by atoms with E-state index in [1.54, 1.807) is 24.3 Å². The number of benzene rings is 1. The number of hydrogen-bond acceptors (Lipinski definition) is 3. The molecule has 20 heavy (non-hydrogen) atoms. The van der Waals surface area contributed by atoms with Gasteiger partial charge in [0.1, 0.15) is 0 Å². The second-order valence-electron chi connectivity index (χ2n) is 5.21. The van der Waals surface area contributed by atoms with Gasteiger partial charge in [0, 0.05) is 18.0 Å². The van der Waals surface area contributed by atoms with E-state index >= 15 is 0 Å². The number of nitrogens with zero attached hydrogens (tertiary/aromatic N) is 1. The predicted molar refractivity (Wildman–Crippen MR) is 79.1 cm³/mol. The van der Waals surface area contributed by atoms with Crippen molar-refractivity contribution in [3.8, 4) is 0 Å². The molecule has 1 heterocycles. The van der Waals surface area contributed by atoms with Crippen LogP contribution in [0.25, 0.3) is 0 Å². The molecule has 0 spiro atoms. The fourth-order valence-electron chi connectivity index (χ4n) is 2.35. The molecule has 4 nitrogen and oxygen atoms in total. The summed E-state index contributed by atoms with van der Waals surface area (Å²) in [4.78, 5) is 25.7. The van der Waals surface area contributed by atoms with Crippen molar-refractivity contribution in [1.82, 2.24) is 4.90 Å². The van der Waals surface area contributed by atoms with Crippen LogP contribution < -0.4 is 0 Å². The maximum atomic E-state index is 12.1. The van der Waals surface area contributed by atoms with E-state index in [0.29, 0.717) is 11.7 Å². The summed E-state index contributed by atoms with van der Waals surface area (Å²) in [6.45, 7) is 3.90. The molecule has 0 aromatic heterocycles. The zero-order valence-corrected chi connectivity index (χ0v) is 12.4. The van der Waals surface area contributed by atoms with Crippen LogP contribution in [-0.4, -0.2) is 40.7 Å². The van der Waals surface area contributed by atoms with Gasteiger partial charge in [-0.2, -0.15) is 0 Å². The summed E-state index contributed by atoms with van der Waals surface area (Å²) >= 11 is 1.46. The first kappa shape index (κ1) is 14.9. The van der Waals surface area contributed by atoms with Crippen molar-refractivity contribution >= 4 is 23.6 Å². The lowest BCUT2D eigenvalue weighted by Gasteiger charge is -2.30. The average molecular weight is 293 g/mol. The van der Waals surface area contributed by atoms with E-state index in [4.69, 9.17) is 5.11 Å². The van der Waals surface area contributed by atoms with Crippen LogP contribution in [0, 0.1) is 5.92 Å². The Labute approximate surface area is 123 Å². The fraction of sp³-hybridized carbons (Fsp3) is 0.467. The standard InChI is InChI=1S/C15H19NO3S/c1-11-3-2-8-16(9-11)14(17)10-20-13-6-4-12(5-7-13)15(18)19/h4-7,11H,2-3,8-10H2,1H3,(H,18,19). The minimum atomic E-state index is -0.931.